The van der Waals surface area contributed by atoms with E-state index in [0.717, 1.165) is 39.3 Å². The minimum absolute atomic E-state index is 0.00992. The van der Waals surface area contributed by atoms with E-state index >= 15 is 0 Å². The van der Waals surface area contributed by atoms with Crippen LogP contribution in [0.2, 0.25) is 0 Å². The molecule has 1 N–H and O–H groups in total. The summed E-state index contributed by atoms with van der Waals surface area (Å²) in [5.74, 6) is -1.25. The Hall–Kier alpha value is -5.16. The number of benzene rings is 2. The number of anilines is 1. The number of carbonyl (C=O) groups excluding carboxylic acids is 2. The largest absolute Gasteiger partial charge is 0.497 e. The van der Waals surface area contributed by atoms with E-state index in [-0.39, 0.29) is 57.8 Å². The first-order valence-corrected chi connectivity index (χ1v) is 24.3. The molecule has 0 spiro atoms. The summed E-state index contributed by atoms with van der Waals surface area (Å²) in [6.45, 7) is 6.18. The van der Waals surface area contributed by atoms with Gasteiger partial charge in [0.1, 0.15) is 27.9 Å². The summed E-state index contributed by atoms with van der Waals surface area (Å²) >= 11 is 0. The average molecular weight is 911 g/mol. The van der Waals surface area contributed by atoms with Crippen molar-refractivity contribution >= 4 is 38.6 Å². The van der Waals surface area contributed by atoms with Gasteiger partial charge in [-0.25, -0.2) is 22.5 Å². The summed E-state index contributed by atoms with van der Waals surface area (Å²) < 4.78 is 55.3. The summed E-state index contributed by atoms with van der Waals surface area (Å²) in [5.41, 5.74) is -1.66. The Morgan fingerprint density at radius 2 is 1.30 bits per heavy atom. The number of aromatic nitrogens is 4. The van der Waals surface area contributed by atoms with Crippen LogP contribution in [0.1, 0.15) is 140 Å². The molecular formula is C47H70N6O10S. The lowest BCUT2D eigenvalue weighted by molar-refractivity contribution is -0.118. The van der Waals surface area contributed by atoms with E-state index in [1.165, 1.54) is 147 Å². The Bertz CT molecular complexity index is 2390. The van der Waals surface area contributed by atoms with Gasteiger partial charge in [0, 0.05) is 45.9 Å². The summed E-state index contributed by atoms with van der Waals surface area (Å²) in [7, 11) is 2.95. The van der Waals surface area contributed by atoms with Crippen LogP contribution in [0.15, 0.2) is 51.1 Å². The fraction of sp³-hybridized carbons (Fsp3) is 0.596. The van der Waals surface area contributed by atoms with Gasteiger partial charge in [0.05, 0.1) is 45.0 Å². The van der Waals surface area contributed by atoms with Crippen LogP contribution in [0.25, 0.3) is 11.2 Å². The lowest BCUT2D eigenvalue weighted by atomic mass is 10.0. The van der Waals surface area contributed by atoms with Gasteiger partial charge in [-0.2, -0.15) is 0 Å². The van der Waals surface area contributed by atoms with Crippen molar-refractivity contribution in [3.63, 3.8) is 0 Å². The highest BCUT2D eigenvalue weighted by molar-refractivity contribution is 7.89. The number of hydrogen-bond donors (Lipinski definition) is 1. The highest BCUT2D eigenvalue weighted by Crippen LogP contribution is 2.38. The predicted octanol–water partition coefficient (Wildman–Crippen LogP) is 8.19. The Kier molecular flexibility index (Phi) is 20.4. The second-order valence-corrected chi connectivity index (χ2v) is 18.2. The van der Waals surface area contributed by atoms with E-state index in [1.807, 2.05) is 0 Å². The average Bonchev–Trinajstić information content (AvgIpc) is 3.72. The molecule has 0 aliphatic heterocycles. The molecule has 0 bridgehead atoms. The molecule has 64 heavy (non-hydrogen) atoms. The monoisotopic (exact) mass is 910 g/mol. The van der Waals surface area contributed by atoms with Crippen molar-refractivity contribution in [3.8, 4) is 23.0 Å². The van der Waals surface area contributed by atoms with E-state index in [1.54, 1.807) is 13.8 Å². The number of unbranched alkanes of at least 4 members (excludes halogenated alkanes) is 15. The smallest absolute Gasteiger partial charge is 0.332 e. The van der Waals surface area contributed by atoms with Gasteiger partial charge in [0.15, 0.2) is 23.0 Å². The number of methoxy groups -OCH3 is 2. The molecular weight excluding hydrogens is 841 g/mol. The number of aryl methyl sites for hydroxylation is 1. The van der Waals surface area contributed by atoms with Gasteiger partial charge >= 0.3 is 5.69 Å². The third kappa shape index (κ3) is 13.0. The first-order valence-electron chi connectivity index (χ1n) is 22.9. The van der Waals surface area contributed by atoms with E-state index < -0.39 is 39.0 Å². The number of ether oxygens (including phenoxy) is 4. The van der Waals surface area contributed by atoms with Crippen molar-refractivity contribution in [3.05, 3.63) is 63.1 Å². The normalized spacial score (nSPS) is 12.1. The topological polar surface area (TPSA) is 182 Å². The van der Waals surface area contributed by atoms with Crippen molar-refractivity contribution in [2.24, 2.45) is 14.1 Å². The van der Waals surface area contributed by atoms with Crippen LogP contribution >= 0.6 is 0 Å². The Morgan fingerprint density at radius 3 is 1.84 bits per heavy atom. The van der Waals surface area contributed by atoms with Gasteiger partial charge in [-0.15, -0.1) is 0 Å². The number of Topliss-reactive ketones (excluding diaryl/α,β-unsaturated/α-hetero) is 1. The molecule has 4 rings (SSSR count). The number of fused-ring (bicyclic) bond motifs is 1. The van der Waals surface area contributed by atoms with Crippen molar-refractivity contribution in [1.82, 2.24) is 23.0 Å². The van der Waals surface area contributed by atoms with E-state index in [9.17, 15) is 27.6 Å². The molecule has 2 aromatic heterocycles. The molecule has 0 aliphatic rings. The van der Waals surface area contributed by atoms with E-state index in [4.69, 9.17) is 18.9 Å². The molecule has 17 heteroatoms. The summed E-state index contributed by atoms with van der Waals surface area (Å²) in [6.07, 6.45) is 20.7. The minimum Gasteiger partial charge on any atom is -0.497 e. The maximum Gasteiger partial charge on any atom is 0.332 e. The van der Waals surface area contributed by atoms with E-state index in [0.29, 0.717) is 18.7 Å². The quantitative estimate of drug-likeness (QED) is 0.0303. The fourth-order valence-electron chi connectivity index (χ4n) is 7.84. The number of amides is 1. The first-order chi connectivity index (χ1) is 30.8. The van der Waals surface area contributed by atoms with Gasteiger partial charge in [0.2, 0.25) is 10.0 Å². The minimum atomic E-state index is -4.09. The van der Waals surface area contributed by atoms with Crippen LogP contribution in [0, 0.1) is 0 Å². The van der Waals surface area contributed by atoms with Crippen LogP contribution in [-0.2, 0) is 28.9 Å². The number of nitrogens with one attached hydrogen (secondary N) is 1. The molecule has 0 aliphatic carbocycles. The fourth-order valence-corrected chi connectivity index (χ4v) is 9.17. The SMILES string of the molecule is CCCCCCCCCCCCCCCCCCN(C)S(=O)(=O)c1cc(OCC)c(NC(=O)C(C(=O)c2ccc(OC)cc2OC)n2cnc3c2c(=O)n(C)c(=O)n3C)cc1OCC. The zero-order valence-electron chi connectivity index (χ0n) is 39.2. The molecule has 16 nitrogen and oxygen atoms in total. The third-order valence-electron chi connectivity index (χ3n) is 11.5. The molecule has 2 aromatic carbocycles. The van der Waals surface area contributed by atoms with Gasteiger partial charge < -0.3 is 28.8 Å². The molecule has 2 heterocycles. The molecule has 0 radical (unpaired) electrons. The molecule has 354 valence electrons. The lowest BCUT2D eigenvalue weighted by Gasteiger charge is -2.23. The molecule has 1 unspecified atom stereocenters. The number of sulfonamides is 1. The molecule has 1 atom stereocenters. The van der Waals surface area contributed by atoms with Gasteiger partial charge in [0.25, 0.3) is 11.5 Å². The lowest BCUT2D eigenvalue weighted by Crippen LogP contribution is -2.39. The number of ketones is 1. The standard InChI is InChI=1S/C47H70N6O10S/c1-9-12-13-14-15-16-17-18-19-20-21-22-23-24-25-26-29-50(4)64(58,59)40-32-38(62-10-2)36(31-39(40)63-11-3)49-45(55)41(43(54)35-28-27-34(60-7)30-37(35)61-8)53-33-48-44-42(53)46(56)52(6)47(57)51(44)5/h27-28,30-33,41H,9-26,29H2,1-8H3,(H,49,55). The molecule has 4 aromatic rings. The number of carbonyl (C=O) groups is 2. The second-order valence-electron chi connectivity index (χ2n) is 16.1. The van der Waals surface area contributed by atoms with Gasteiger partial charge in [-0.05, 0) is 32.4 Å². The van der Waals surface area contributed by atoms with Gasteiger partial charge in [-0.3, -0.25) is 23.5 Å². The second kappa shape index (κ2) is 25.4. The Morgan fingerprint density at radius 1 is 0.734 bits per heavy atom. The number of imidazole rings is 1. The summed E-state index contributed by atoms with van der Waals surface area (Å²) in [6, 6.07) is 5.31. The molecule has 0 saturated heterocycles. The first kappa shape index (κ1) is 51.5. The van der Waals surface area contributed by atoms with Crippen LogP contribution in [0.5, 0.6) is 23.0 Å². The van der Waals surface area contributed by atoms with Crippen molar-refractivity contribution in [2.75, 3.05) is 46.3 Å². The zero-order chi connectivity index (χ0) is 46.8. The molecule has 1 amide bonds. The number of hydrogen-bond acceptors (Lipinski definition) is 11. The van der Waals surface area contributed by atoms with Crippen molar-refractivity contribution < 1.29 is 37.0 Å². The molecule has 0 fully saturated rings. The summed E-state index contributed by atoms with van der Waals surface area (Å²) in [4.78, 5) is 59.7. The van der Waals surface area contributed by atoms with E-state index in [2.05, 4.69) is 17.2 Å². The zero-order valence-corrected chi connectivity index (χ0v) is 40.0. The van der Waals surface area contributed by atoms with Crippen LogP contribution in [0.3, 0.4) is 0 Å². The van der Waals surface area contributed by atoms with Crippen molar-refractivity contribution in [1.29, 1.82) is 0 Å². The summed E-state index contributed by atoms with van der Waals surface area (Å²) in [5, 5.41) is 2.75. The Balaban J connectivity index is 1.52. The van der Waals surface area contributed by atoms with Crippen molar-refractivity contribution in [2.45, 2.75) is 134 Å². The number of rotatable bonds is 30. The maximum atomic E-state index is 14.6. The van der Waals surface area contributed by atoms with Crippen LogP contribution in [-0.4, -0.2) is 84.1 Å². The Labute approximate surface area is 378 Å². The molecule has 0 saturated carbocycles. The predicted molar refractivity (Wildman–Crippen MR) is 250 cm³/mol. The maximum absolute atomic E-state index is 14.6. The van der Waals surface area contributed by atoms with Gasteiger partial charge in [-0.1, -0.05) is 103 Å². The number of nitrogens with zero attached hydrogens (tertiary/aromatic N) is 5. The highest BCUT2D eigenvalue weighted by Gasteiger charge is 2.36. The van der Waals surface area contributed by atoms with Crippen LogP contribution < -0.4 is 35.5 Å². The third-order valence-corrected chi connectivity index (χ3v) is 13.4. The van der Waals surface area contributed by atoms with Crippen LogP contribution in [0.4, 0.5) is 5.69 Å². The highest BCUT2D eigenvalue weighted by atomic mass is 32.2.